The lowest BCUT2D eigenvalue weighted by molar-refractivity contribution is -0.137. The summed E-state index contributed by atoms with van der Waals surface area (Å²) in [5, 5.41) is 11.0. The zero-order valence-corrected chi connectivity index (χ0v) is 10.9. The number of benzene rings is 1. The zero-order chi connectivity index (χ0) is 14.8. The lowest BCUT2D eigenvalue weighted by atomic mass is 10.1. The van der Waals surface area contributed by atoms with Crippen LogP contribution in [0.4, 0.5) is 23.2 Å². The van der Waals surface area contributed by atoms with Gasteiger partial charge < -0.3 is 5.32 Å². The van der Waals surface area contributed by atoms with E-state index in [-0.39, 0.29) is 11.6 Å². The third kappa shape index (κ3) is 3.74. The fourth-order valence-electron chi connectivity index (χ4n) is 1.38. The largest absolute Gasteiger partial charge is 0.416 e. The highest BCUT2D eigenvalue weighted by atomic mass is 35.5. The number of hydrogen-bond acceptors (Lipinski definition) is 2. The van der Waals surface area contributed by atoms with E-state index < -0.39 is 28.6 Å². The highest BCUT2D eigenvalue weighted by Crippen LogP contribution is 2.36. The van der Waals surface area contributed by atoms with Gasteiger partial charge >= 0.3 is 6.18 Å². The molecule has 0 heterocycles. The lowest BCUT2D eigenvalue weighted by Gasteiger charge is -2.18. The minimum atomic E-state index is -4.67. The monoisotopic (exact) mass is 294 g/mol. The van der Waals surface area contributed by atoms with Crippen molar-refractivity contribution in [3.8, 4) is 6.07 Å². The Kier molecular flexibility index (Phi) is 4.64. The van der Waals surface area contributed by atoms with Crippen LogP contribution in [0.2, 0.25) is 5.02 Å². The van der Waals surface area contributed by atoms with Crippen molar-refractivity contribution in [2.24, 2.45) is 5.92 Å². The van der Waals surface area contributed by atoms with E-state index in [4.69, 9.17) is 16.9 Å². The molecule has 1 rings (SSSR count). The summed E-state index contributed by atoms with van der Waals surface area (Å²) in [6.45, 7) is 3.44. The minimum Gasteiger partial charge on any atom is -0.366 e. The van der Waals surface area contributed by atoms with Crippen molar-refractivity contribution < 1.29 is 17.6 Å². The molecule has 0 aliphatic carbocycles. The Hall–Kier alpha value is -1.48. The summed E-state index contributed by atoms with van der Waals surface area (Å²) in [6.07, 6.45) is -4.67. The Morgan fingerprint density at radius 1 is 1.32 bits per heavy atom. The Bertz CT molecular complexity index is 482. The van der Waals surface area contributed by atoms with Gasteiger partial charge in [0.05, 0.1) is 22.3 Å². The maximum absolute atomic E-state index is 13.6. The number of anilines is 1. The normalized spacial score (nSPS) is 13.2. The van der Waals surface area contributed by atoms with Crippen molar-refractivity contribution in [3.63, 3.8) is 0 Å². The topological polar surface area (TPSA) is 35.8 Å². The number of nitrogens with zero attached hydrogens (tertiary/aromatic N) is 1. The van der Waals surface area contributed by atoms with Gasteiger partial charge in [0.15, 0.2) is 0 Å². The Balaban J connectivity index is 3.15. The van der Waals surface area contributed by atoms with Gasteiger partial charge in [0, 0.05) is 0 Å². The molecule has 0 saturated carbocycles. The standard InChI is InChI=1S/C12H11ClF4N2/c1-6(2)10(5-18)19-11-8(13)3-7(4-9(11)14)12(15,16)17/h3-4,6,10,19H,1-2H3. The molecule has 1 aromatic rings. The highest BCUT2D eigenvalue weighted by molar-refractivity contribution is 6.33. The molecule has 1 N–H and O–H groups in total. The van der Waals surface area contributed by atoms with Crippen LogP contribution in [0.25, 0.3) is 0 Å². The average Bonchev–Trinajstić information content (AvgIpc) is 2.26. The SMILES string of the molecule is CC(C)C(C#N)Nc1c(F)cc(C(F)(F)F)cc1Cl. The van der Waals surface area contributed by atoms with E-state index in [1.165, 1.54) is 0 Å². The van der Waals surface area contributed by atoms with Crippen LogP contribution in [0.5, 0.6) is 0 Å². The number of hydrogen-bond donors (Lipinski definition) is 1. The second kappa shape index (κ2) is 5.66. The smallest absolute Gasteiger partial charge is 0.366 e. The van der Waals surface area contributed by atoms with E-state index in [0.29, 0.717) is 12.1 Å². The zero-order valence-electron chi connectivity index (χ0n) is 10.1. The Labute approximate surface area is 113 Å². The van der Waals surface area contributed by atoms with Gasteiger partial charge in [0.25, 0.3) is 0 Å². The molecule has 0 bridgehead atoms. The van der Waals surface area contributed by atoms with Crippen LogP contribution >= 0.6 is 11.6 Å². The summed E-state index contributed by atoms with van der Waals surface area (Å²) in [6, 6.07) is 2.12. The van der Waals surface area contributed by atoms with E-state index in [0.717, 1.165) is 0 Å². The molecule has 19 heavy (non-hydrogen) atoms. The first kappa shape index (κ1) is 15.6. The minimum absolute atomic E-state index is 0.150. The van der Waals surface area contributed by atoms with E-state index in [1.54, 1.807) is 13.8 Å². The quantitative estimate of drug-likeness (QED) is 0.836. The molecule has 104 valence electrons. The van der Waals surface area contributed by atoms with Crippen molar-refractivity contribution in [2.75, 3.05) is 5.32 Å². The number of halogens is 5. The molecule has 0 fully saturated rings. The lowest BCUT2D eigenvalue weighted by Crippen LogP contribution is -2.24. The second-order valence-electron chi connectivity index (χ2n) is 4.31. The first-order chi connectivity index (χ1) is 8.66. The van der Waals surface area contributed by atoms with E-state index >= 15 is 0 Å². The van der Waals surface area contributed by atoms with Crippen LogP contribution in [0.15, 0.2) is 12.1 Å². The van der Waals surface area contributed by atoms with Gasteiger partial charge in [0.2, 0.25) is 0 Å². The summed E-state index contributed by atoms with van der Waals surface area (Å²) in [4.78, 5) is 0. The van der Waals surface area contributed by atoms with E-state index in [2.05, 4.69) is 5.32 Å². The van der Waals surface area contributed by atoms with E-state index in [1.807, 2.05) is 6.07 Å². The first-order valence-corrected chi connectivity index (χ1v) is 5.77. The van der Waals surface area contributed by atoms with Crippen molar-refractivity contribution in [2.45, 2.75) is 26.1 Å². The van der Waals surface area contributed by atoms with Crippen LogP contribution < -0.4 is 5.32 Å². The number of nitriles is 1. The molecule has 0 spiro atoms. The molecule has 0 amide bonds. The molecule has 1 atom stereocenters. The average molecular weight is 295 g/mol. The highest BCUT2D eigenvalue weighted by Gasteiger charge is 2.32. The van der Waals surface area contributed by atoms with Gasteiger partial charge in [-0.25, -0.2) is 4.39 Å². The third-order valence-corrected chi connectivity index (χ3v) is 2.77. The van der Waals surface area contributed by atoms with Crippen molar-refractivity contribution >= 4 is 17.3 Å². The van der Waals surface area contributed by atoms with Crippen molar-refractivity contribution in [1.29, 1.82) is 5.26 Å². The van der Waals surface area contributed by atoms with Crippen LogP contribution in [-0.2, 0) is 6.18 Å². The van der Waals surface area contributed by atoms with Gasteiger partial charge in [0.1, 0.15) is 11.9 Å². The molecule has 0 aliphatic heterocycles. The fourth-order valence-corrected chi connectivity index (χ4v) is 1.64. The molecule has 2 nitrogen and oxygen atoms in total. The van der Waals surface area contributed by atoms with Gasteiger partial charge in [-0.3, -0.25) is 0 Å². The molecule has 1 aromatic carbocycles. The maximum atomic E-state index is 13.6. The van der Waals surface area contributed by atoms with E-state index in [9.17, 15) is 17.6 Å². The molecule has 0 aliphatic rings. The van der Waals surface area contributed by atoms with Crippen molar-refractivity contribution in [3.05, 3.63) is 28.5 Å². The van der Waals surface area contributed by atoms with Crippen LogP contribution in [0, 0.1) is 23.1 Å². The molecule has 1 unspecified atom stereocenters. The van der Waals surface area contributed by atoms with Gasteiger partial charge in [-0.15, -0.1) is 0 Å². The predicted molar refractivity (Wildman–Crippen MR) is 64.3 cm³/mol. The summed E-state index contributed by atoms with van der Waals surface area (Å²) < 4.78 is 51.0. The molecular weight excluding hydrogens is 284 g/mol. The molecule has 0 saturated heterocycles. The first-order valence-electron chi connectivity index (χ1n) is 5.39. The van der Waals surface area contributed by atoms with Crippen LogP contribution in [-0.4, -0.2) is 6.04 Å². The van der Waals surface area contributed by atoms with Gasteiger partial charge in [-0.1, -0.05) is 25.4 Å². The Morgan fingerprint density at radius 2 is 1.89 bits per heavy atom. The van der Waals surface area contributed by atoms with Crippen LogP contribution in [0.1, 0.15) is 19.4 Å². The summed E-state index contributed by atoms with van der Waals surface area (Å²) >= 11 is 5.63. The Morgan fingerprint density at radius 3 is 2.26 bits per heavy atom. The molecular formula is C12H11ClF4N2. The molecule has 0 radical (unpaired) electrons. The van der Waals surface area contributed by atoms with Crippen LogP contribution in [0.3, 0.4) is 0 Å². The summed E-state index contributed by atoms with van der Waals surface area (Å²) in [5.41, 5.74) is -1.46. The molecule has 0 aromatic heterocycles. The van der Waals surface area contributed by atoms with Crippen molar-refractivity contribution in [1.82, 2.24) is 0 Å². The summed E-state index contributed by atoms with van der Waals surface area (Å²) in [7, 11) is 0. The third-order valence-electron chi connectivity index (χ3n) is 2.48. The number of rotatable bonds is 3. The second-order valence-corrected chi connectivity index (χ2v) is 4.71. The van der Waals surface area contributed by atoms with Gasteiger partial charge in [-0.05, 0) is 18.1 Å². The number of alkyl halides is 3. The maximum Gasteiger partial charge on any atom is 0.416 e. The van der Waals surface area contributed by atoms with Gasteiger partial charge in [-0.2, -0.15) is 18.4 Å². The summed E-state index contributed by atoms with van der Waals surface area (Å²) in [5.74, 6) is -1.29. The predicted octanol–water partition coefficient (Wildman–Crippen LogP) is 4.46. The molecule has 7 heteroatoms. The number of nitrogens with one attached hydrogen (secondary N) is 1. The fraction of sp³-hybridized carbons (Fsp3) is 0.417.